The Kier molecular flexibility index (Phi) is 5.83. The molecule has 0 saturated heterocycles. The molecule has 0 aromatic heterocycles. The number of nitrogens with one attached hydrogen (secondary N) is 1. The van der Waals surface area contributed by atoms with Crippen molar-refractivity contribution in [2.75, 3.05) is 20.3 Å². The fourth-order valence-electron chi connectivity index (χ4n) is 1.87. The molecule has 0 bridgehead atoms. The summed E-state index contributed by atoms with van der Waals surface area (Å²) in [6.07, 6.45) is 0. The van der Waals surface area contributed by atoms with Gasteiger partial charge in [-0.2, -0.15) is 0 Å². The maximum absolute atomic E-state index is 12.2. The van der Waals surface area contributed by atoms with Crippen LogP contribution in [0.15, 0.2) is 24.3 Å². The highest BCUT2D eigenvalue weighted by Gasteiger charge is 2.21. The van der Waals surface area contributed by atoms with Crippen LogP contribution < -0.4 is 5.32 Å². The van der Waals surface area contributed by atoms with Gasteiger partial charge in [0.2, 0.25) is 0 Å². The summed E-state index contributed by atoms with van der Waals surface area (Å²) in [5.41, 5.74) is 1.67. The molecule has 0 saturated carbocycles. The van der Waals surface area contributed by atoms with E-state index in [9.17, 15) is 4.79 Å². The Morgan fingerprint density at radius 2 is 2.00 bits per heavy atom. The number of benzene rings is 1. The molecule has 3 nitrogen and oxygen atoms in total. The molecule has 4 heteroatoms. The summed E-state index contributed by atoms with van der Waals surface area (Å²) >= 11 is 6.00. The van der Waals surface area contributed by atoms with Gasteiger partial charge in [-0.15, -0.1) is 11.6 Å². The molecule has 106 valence electrons. The number of amides is 1. The topological polar surface area (TPSA) is 38.3 Å². The van der Waals surface area contributed by atoms with Crippen LogP contribution in [0.1, 0.15) is 36.7 Å². The van der Waals surface area contributed by atoms with Crippen molar-refractivity contribution in [3.8, 4) is 0 Å². The second-order valence-corrected chi connectivity index (χ2v) is 6.18. The summed E-state index contributed by atoms with van der Waals surface area (Å²) in [7, 11) is 1.59. The molecule has 1 atom stereocenters. The Hall–Kier alpha value is -1.06. The fourth-order valence-corrected chi connectivity index (χ4v) is 2.08. The van der Waals surface area contributed by atoms with Gasteiger partial charge in [-0.1, -0.05) is 39.0 Å². The molecule has 0 heterocycles. The van der Waals surface area contributed by atoms with E-state index in [4.69, 9.17) is 16.3 Å². The lowest BCUT2D eigenvalue weighted by Crippen LogP contribution is -2.33. The molecule has 0 aliphatic rings. The van der Waals surface area contributed by atoms with E-state index in [1.807, 2.05) is 24.3 Å². The van der Waals surface area contributed by atoms with E-state index in [-0.39, 0.29) is 16.7 Å². The number of hydrogen-bond acceptors (Lipinski definition) is 2. The summed E-state index contributed by atoms with van der Waals surface area (Å²) in [6, 6.07) is 7.65. The molecule has 1 aromatic rings. The van der Waals surface area contributed by atoms with Gasteiger partial charge in [0.15, 0.2) is 0 Å². The Bertz CT molecular complexity index is 426. The standard InChI is InChI=1S/C15H22ClNO2/c1-15(2,3)13-8-6-5-7-12(13)14(18)17-9-11(16)10-19-4/h5-8,11H,9-10H2,1-4H3,(H,17,18). The van der Waals surface area contributed by atoms with Crippen molar-refractivity contribution in [1.29, 1.82) is 0 Å². The molecular weight excluding hydrogens is 262 g/mol. The van der Waals surface area contributed by atoms with Gasteiger partial charge in [-0.05, 0) is 17.0 Å². The smallest absolute Gasteiger partial charge is 0.251 e. The lowest BCUT2D eigenvalue weighted by molar-refractivity contribution is 0.0947. The van der Waals surface area contributed by atoms with E-state index in [1.165, 1.54) is 0 Å². The third kappa shape index (κ3) is 4.84. The molecular formula is C15H22ClNO2. The zero-order valence-electron chi connectivity index (χ0n) is 12.0. The molecule has 1 unspecified atom stereocenters. The third-order valence-electron chi connectivity index (χ3n) is 2.81. The summed E-state index contributed by atoms with van der Waals surface area (Å²) in [4.78, 5) is 12.2. The number of rotatable bonds is 5. The van der Waals surface area contributed by atoms with E-state index in [0.717, 1.165) is 5.56 Å². The van der Waals surface area contributed by atoms with Crippen molar-refractivity contribution in [2.24, 2.45) is 0 Å². The molecule has 1 rings (SSSR count). The maximum Gasteiger partial charge on any atom is 0.251 e. The van der Waals surface area contributed by atoms with Gasteiger partial charge in [-0.25, -0.2) is 0 Å². The molecule has 19 heavy (non-hydrogen) atoms. The number of alkyl halides is 1. The average Bonchev–Trinajstić information content (AvgIpc) is 2.35. The normalized spacial score (nSPS) is 13.1. The maximum atomic E-state index is 12.2. The number of carbonyl (C=O) groups is 1. The minimum absolute atomic E-state index is 0.0686. The summed E-state index contributed by atoms with van der Waals surface area (Å²) in [5.74, 6) is -0.0905. The number of carbonyl (C=O) groups excluding carboxylic acids is 1. The van der Waals surface area contributed by atoms with Crippen LogP contribution in [0, 0.1) is 0 Å². The molecule has 0 aliphatic carbocycles. The van der Waals surface area contributed by atoms with Gasteiger partial charge in [0.1, 0.15) is 0 Å². The number of halogens is 1. The van der Waals surface area contributed by atoms with Crippen molar-refractivity contribution < 1.29 is 9.53 Å². The summed E-state index contributed by atoms with van der Waals surface area (Å²) < 4.78 is 4.94. The molecule has 0 aliphatic heterocycles. The van der Waals surface area contributed by atoms with Crippen LogP contribution in [0.2, 0.25) is 0 Å². The van der Waals surface area contributed by atoms with Crippen molar-refractivity contribution in [2.45, 2.75) is 31.6 Å². The van der Waals surface area contributed by atoms with Crippen LogP contribution in [-0.4, -0.2) is 31.5 Å². The second kappa shape index (κ2) is 6.92. The molecule has 1 amide bonds. The lowest BCUT2D eigenvalue weighted by Gasteiger charge is -2.22. The largest absolute Gasteiger partial charge is 0.383 e. The third-order valence-corrected chi connectivity index (χ3v) is 3.09. The summed E-state index contributed by atoms with van der Waals surface area (Å²) in [6.45, 7) is 7.09. The number of ether oxygens (including phenoxy) is 1. The van der Waals surface area contributed by atoms with Crippen LogP contribution >= 0.6 is 11.6 Å². The van der Waals surface area contributed by atoms with Crippen molar-refractivity contribution >= 4 is 17.5 Å². The first kappa shape index (κ1) is 16.0. The Morgan fingerprint density at radius 3 is 2.58 bits per heavy atom. The highest BCUT2D eigenvalue weighted by atomic mass is 35.5. The van der Waals surface area contributed by atoms with Gasteiger partial charge >= 0.3 is 0 Å². The highest BCUT2D eigenvalue weighted by molar-refractivity contribution is 6.21. The Labute approximate surface area is 120 Å². The van der Waals surface area contributed by atoms with Gasteiger partial charge < -0.3 is 10.1 Å². The van der Waals surface area contributed by atoms with Crippen LogP contribution in [0.3, 0.4) is 0 Å². The zero-order chi connectivity index (χ0) is 14.5. The van der Waals surface area contributed by atoms with Crippen LogP contribution in [0.4, 0.5) is 0 Å². The SMILES string of the molecule is COCC(Cl)CNC(=O)c1ccccc1C(C)(C)C. The molecule has 0 fully saturated rings. The number of methoxy groups -OCH3 is 1. The first-order chi connectivity index (χ1) is 8.86. The second-order valence-electron chi connectivity index (χ2n) is 5.56. The number of hydrogen-bond donors (Lipinski definition) is 1. The quantitative estimate of drug-likeness (QED) is 0.844. The predicted molar refractivity (Wildman–Crippen MR) is 79.0 cm³/mol. The van der Waals surface area contributed by atoms with Crippen molar-refractivity contribution in [3.63, 3.8) is 0 Å². The minimum Gasteiger partial charge on any atom is -0.383 e. The predicted octanol–water partition coefficient (Wildman–Crippen LogP) is 2.97. The molecule has 1 aromatic carbocycles. The molecule has 0 radical (unpaired) electrons. The van der Waals surface area contributed by atoms with Crippen molar-refractivity contribution in [3.05, 3.63) is 35.4 Å². The molecule has 0 spiro atoms. The van der Waals surface area contributed by atoms with Crippen LogP contribution in [0.25, 0.3) is 0 Å². The average molecular weight is 284 g/mol. The van der Waals surface area contributed by atoms with E-state index in [0.29, 0.717) is 18.7 Å². The fraction of sp³-hybridized carbons (Fsp3) is 0.533. The van der Waals surface area contributed by atoms with Gasteiger partial charge in [0, 0.05) is 19.2 Å². The van der Waals surface area contributed by atoms with E-state index in [1.54, 1.807) is 7.11 Å². The highest BCUT2D eigenvalue weighted by Crippen LogP contribution is 2.25. The van der Waals surface area contributed by atoms with E-state index in [2.05, 4.69) is 26.1 Å². The Morgan fingerprint density at radius 1 is 1.37 bits per heavy atom. The zero-order valence-corrected chi connectivity index (χ0v) is 12.8. The Balaban J connectivity index is 2.78. The van der Waals surface area contributed by atoms with Gasteiger partial charge in [0.25, 0.3) is 5.91 Å². The monoisotopic (exact) mass is 283 g/mol. The van der Waals surface area contributed by atoms with Crippen molar-refractivity contribution in [1.82, 2.24) is 5.32 Å². The van der Waals surface area contributed by atoms with Gasteiger partial charge in [0.05, 0.1) is 12.0 Å². The first-order valence-corrected chi connectivity index (χ1v) is 6.80. The first-order valence-electron chi connectivity index (χ1n) is 6.37. The molecule has 1 N–H and O–H groups in total. The van der Waals surface area contributed by atoms with E-state index < -0.39 is 0 Å². The van der Waals surface area contributed by atoms with Crippen LogP contribution in [-0.2, 0) is 10.2 Å². The minimum atomic E-state index is -0.212. The van der Waals surface area contributed by atoms with Gasteiger partial charge in [-0.3, -0.25) is 4.79 Å². The summed E-state index contributed by atoms with van der Waals surface area (Å²) in [5, 5.41) is 2.63. The van der Waals surface area contributed by atoms with E-state index >= 15 is 0 Å². The van der Waals surface area contributed by atoms with Crippen LogP contribution in [0.5, 0.6) is 0 Å². The lowest BCUT2D eigenvalue weighted by atomic mass is 9.83.